The Morgan fingerprint density at radius 1 is 1.23 bits per heavy atom. The largest absolute Gasteiger partial charge is 0.448 e. The SMILES string of the molecule is NC(=O)c1cc(F)cc(OC2=C=C=C3C(=C2)C(=O)C3(F)F)c1. The van der Waals surface area contributed by atoms with E-state index in [9.17, 15) is 22.8 Å². The van der Waals surface area contributed by atoms with Crippen molar-refractivity contribution in [2.75, 3.05) is 0 Å². The third-order valence-corrected chi connectivity index (χ3v) is 3.08. The van der Waals surface area contributed by atoms with Gasteiger partial charge in [0.15, 0.2) is 5.76 Å². The maximum Gasteiger partial charge on any atom is 0.343 e. The minimum absolute atomic E-state index is 0.0862. The molecule has 0 heterocycles. The maximum absolute atomic E-state index is 13.3. The van der Waals surface area contributed by atoms with Crippen molar-refractivity contribution in [3.63, 3.8) is 0 Å². The zero-order chi connectivity index (χ0) is 16.1. The number of allylic oxidation sites excluding steroid dienone is 3. The van der Waals surface area contributed by atoms with Crippen molar-refractivity contribution in [3.05, 3.63) is 64.0 Å². The van der Waals surface area contributed by atoms with Crippen molar-refractivity contribution < 1.29 is 27.5 Å². The van der Waals surface area contributed by atoms with Crippen LogP contribution in [0.3, 0.4) is 0 Å². The number of benzene rings is 1. The Labute approximate surface area is 121 Å². The van der Waals surface area contributed by atoms with Gasteiger partial charge in [0.2, 0.25) is 11.7 Å². The monoisotopic (exact) mass is 305 g/mol. The van der Waals surface area contributed by atoms with Crippen LogP contribution < -0.4 is 10.5 Å². The second kappa shape index (κ2) is 4.49. The Bertz CT molecular complexity index is 870. The number of Topliss-reactive ketones (excluding diaryl/α,β-unsaturated/α-hetero) is 1. The predicted molar refractivity (Wildman–Crippen MR) is 67.6 cm³/mol. The van der Waals surface area contributed by atoms with Crippen molar-refractivity contribution in [2.45, 2.75) is 5.92 Å². The fraction of sp³-hybridized carbons (Fsp3) is 0.0667. The number of rotatable bonds is 3. The molecule has 2 N–H and O–H groups in total. The minimum atomic E-state index is -3.55. The molecule has 0 atom stereocenters. The van der Waals surface area contributed by atoms with E-state index < -0.39 is 29.0 Å². The number of hydrogen-bond donors (Lipinski definition) is 1. The summed E-state index contributed by atoms with van der Waals surface area (Å²) in [5.74, 6) is -6.70. The lowest BCUT2D eigenvalue weighted by molar-refractivity contribution is -0.139. The van der Waals surface area contributed by atoms with E-state index in [0.717, 1.165) is 18.2 Å². The third-order valence-electron chi connectivity index (χ3n) is 3.08. The Kier molecular flexibility index (Phi) is 2.85. The molecule has 0 aromatic heterocycles. The molecule has 2 aliphatic rings. The molecule has 1 aromatic rings. The van der Waals surface area contributed by atoms with Crippen molar-refractivity contribution >= 4 is 11.7 Å². The first kappa shape index (κ1) is 13.9. The second-order valence-corrected chi connectivity index (χ2v) is 4.59. The van der Waals surface area contributed by atoms with Gasteiger partial charge in [0, 0.05) is 23.3 Å². The summed E-state index contributed by atoms with van der Waals surface area (Å²) < 4.78 is 44.8. The van der Waals surface area contributed by atoms with Gasteiger partial charge in [-0.3, -0.25) is 9.59 Å². The molecule has 0 saturated heterocycles. The van der Waals surface area contributed by atoms with E-state index >= 15 is 0 Å². The standard InChI is InChI=1S/C15H6F3NO3/c16-8-3-7(14(19)21)4-10(5-8)22-9-1-2-12-11(6-9)13(20)15(12,17)18/h3-6H,(H2,19,21). The van der Waals surface area contributed by atoms with E-state index in [1.54, 1.807) is 0 Å². The van der Waals surface area contributed by atoms with Crippen molar-refractivity contribution in [2.24, 2.45) is 5.73 Å². The Balaban J connectivity index is 1.96. The Morgan fingerprint density at radius 3 is 2.64 bits per heavy atom. The summed E-state index contributed by atoms with van der Waals surface area (Å²) >= 11 is 0. The van der Waals surface area contributed by atoms with Gasteiger partial charge >= 0.3 is 5.92 Å². The first-order chi connectivity index (χ1) is 10.3. The van der Waals surface area contributed by atoms with E-state index in [1.807, 2.05) is 0 Å². The normalized spacial score (nSPS) is 17.8. The number of hydrogen-bond acceptors (Lipinski definition) is 3. The topological polar surface area (TPSA) is 69.4 Å². The van der Waals surface area contributed by atoms with Crippen LogP contribution >= 0.6 is 0 Å². The van der Waals surface area contributed by atoms with Crippen LogP contribution in [0.25, 0.3) is 0 Å². The number of carbonyl (C=O) groups is 2. The first-order valence-corrected chi connectivity index (χ1v) is 5.98. The molecule has 3 rings (SSSR count). The zero-order valence-electron chi connectivity index (χ0n) is 10.7. The highest BCUT2D eigenvalue weighted by molar-refractivity contribution is 6.16. The van der Waals surface area contributed by atoms with Crippen molar-refractivity contribution in [1.82, 2.24) is 0 Å². The summed E-state index contributed by atoms with van der Waals surface area (Å²) in [6.45, 7) is 0. The van der Waals surface area contributed by atoms with Gasteiger partial charge < -0.3 is 10.5 Å². The van der Waals surface area contributed by atoms with E-state index in [4.69, 9.17) is 10.5 Å². The molecular weight excluding hydrogens is 299 g/mol. The van der Waals surface area contributed by atoms with Crippen LogP contribution in [-0.2, 0) is 4.79 Å². The van der Waals surface area contributed by atoms with Gasteiger partial charge in [0.05, 0.1) is 5.57 Å². The fourth-order valence-corrected chi connectivity index (χ4v) is 2.02. The molecule has 0 bridgehead atoms. The Morgan fingerprint density at radius 2 is 1.95 bits per heavy atom. The van der Waals surface area contributed by atoms with Gasteiger partial charge in [-0.1, -0.05) is 5.73 Å². The first-order valence-electron chi connectivity index (χ1n) is 5.98. The maximum atomic E-state index is 13.3. The number of primary amides is 1. The zero-order valence-corrected chi connectivity index (χ0v) is 10.7. The van der Waals surface area contributed by atoms with Crippen LogP contribution in [0, 0.1) is 5.82 Å². The summed E-state index contributed by atoms with van der Waals surface area (Å²) in [6.07, 6.45) is 1.06. The van der Waals surface area contributed by atoms with Crippen molar-refractivity contribution in [3.8, 4) is 5.75 Å². The number of fused-ring (bicyclic) bond motifs is 1. The number of halogens is 3. The smallest absolute Gasteiger partial charge is 0.343 e. The summed E-state index contributed by atoms with van der Waals surface area (Å²) in [4.78, 5) is 22.3. The molecule has 22 heavy (non-hydrogen) atoms. The number of ketones is 1. The molecule has 0 aliphatic heterocycles. The molecule has 1 amide bonds. The number of carbonyl (C=O) groups excluding carboxylic acids is 2. The van der Waals surface area contributed by atoms with Crippen LogP contribution in [0.1, 0.15) is 10.4 Å². The van der Waals surface area contributed by atoms with Gasteiger partial charge in [-0.15, -0.1) is 0 Å². The van der Waals surface area contributed by atoms with Crippen LogP contribution in [0.15, 0.2) is 52.6 Å². The summed E-state index contributed by atoms with van der Waals surface area (Å²) in [7, 11) is 0. The predicted octanol–water partition coefficient (Wildman–Crippen LogP) is 2.03. The molecule has 0 unspecified atom stereocenters. The van der Waals surface area contributed by atoms with Gasteiger partial charge in [0.25, 0.3) is 0 Å². The molecular formula is C15H6F3NO3. The van der Waals surface area contributed by atoms with Crippen LogP contribution in [0.2, 0.25) is 0 Å². The number of alkyl halides is 2. The van der Waals surface area contributed by atoms with Gasteiger partial charge in [-0.2, -0.15) is 8.78 Å². The highest BCUT2D eigenvalue weighted by Gasteiger charge is 2.58. The molecule has 7 heteroatoms. The number of nitrogens with two attached hydrogens (primary N) is 1. The number of ether oxygens (including phenoxy) is 1. The third kappa shape index (κ3) is 2.05. The lowest BCUT2D eigenvalue weighted by Crippen LogP contribution is -2.45. The molecule has 1 saturated carbocycles. The molecule has 0 spiro atoms. The van der Waals surface area contributed by atoms with E-state index in [0.29, 0.717) is 0 Å². The molecule has 2 aliphatic carbocycles. The summed E-state index contributed by atoms with van der Waals surface area (Å²) in [6, 6.07) is 3.07. The molecule has 4 nitrogen and oxygen atoms in total. The minimum Gasteiger partial charge on any atom is -0.448 e. The lowest BCUT2D eigenvalue weighted by Gasteiger charge is -2.29. The fourth-order valence-electron chi connectivity index (χ4n) is 2.02. The Hall–Kier alpha value is -3.01. The average molecular weight is 305 g/mol. The highest BCUT2D eigenvalue weighted by Crippen LogP contribution is 2.44. The van der Waals surface area contributed by atoms with E-state index in [1.165, 1.54) is 6.07 Å². The second-order valence-electron chi connectivity index (χ2n) is 4.59. The van der Waals surface area contributed by atoms with Crippen LogP contribution in [-0.4, -0.2) is 17.6 Å². The van der Waals surface area contributed by atoms with E-state index in [2.05, 4.69) is 11.5 Å². The van der Waals surface area contributed by atoms with Crippen LogP contribution in [0.4, 0.5) is 13.2 Å². The summed E-state index contributed by atoms with van der Waals surface area (Å²) in [5, 5.41) is 0. The average Bonchev–Trinajstić information content (AvgIpc) is 2.46. The van der Waals surface area contributed by atoms with Crippen LogP contribution in [0.5, 0.6) is 5.75 Å². The van der Waals surface area contributed by atoms with Gasteiger partial charge in [-0.05, 0) is 17.9 Å². The number of amides is 1. The molecule has 0 radical (unpaired) electrons. The quantitative estimate of drug-likeness (QED) is 0.869. The molecule has 1 aromatic carbocycles. The summed E-state index contributed by atoms with van der Waals surface area (Å²) in [5.41, 5.74) is 8.58. The molecule has 110 valence electrons. The van der Waals surface area contributed by atoms with Gasteiger partial charge in [-0.25, -0.2) is 4.39 Å². The highest BCUT2D eigenvalue weighted by atomic mass is 19.3. The van der Waals surface area contributed by atoms with E-state index in [-0.39, 0.29) is 22.6 Å². The lowest BCUT2D eigenvalue weighted by atomic mass is 9.79. The molecule has 1 fully saturated rings. The van der Waals surface area contributed by atoms with Gasteiger partial charge in [0.1, 0.15) is 11.6 Å². The van der Waals surface area contributed by atoms with Crippen molar-refractivity contribution in [1.29, 1.82) is 0 Å².